The van der Waals surface area contributed by atoms with Crippen LogP contribution in [-0.4, -0.2) is 38.9 Å². The maximum atomic E-state index is 15.3. The van der Waals surface area contributed by atoms with E-state index in [0.29, 0.717) is 46.7 Å². The first-order valence-electron chi connectivity index (χ1n) is 11.1. The standard InChI is InChI=1S/C24H25FN8O2/c1-12-17(9-29-23-22(12)27-4-5-35-23)16-6-14-7-19(28-10-18(14)21(26)20(16)25)32-24(34)31-13(2)15-8-30-33(3)11-15/h6-11,13,27H,4-5,26H2,1-3H3,(H2,28,31,32,34)/t13-/m0/s1. The number of benzene rings is 1. The van der Waals surface area contributed by atoms with Crippen LogP contribution in [0.5, 0.6) is 5.88 Å². The molecule has 0 fully saturated rings. The van der Waals surface area contributed by atoms with Crippen molar-refractivity contribution in [3.8, 4) is 17.0 Å². The second-order valence-electron chi connectivity index (χ2n) is 8.46. The number of anilines is 3. The van der Waals surface area contributed by atoms with Gasteiger partial charge in [-0.15, -0.1) is 0 Å². The number of halogens is 1. The quantitative estimate of drug-likeness (QED) is 0.330. The van der Waals surface area contributed by atoms with Gasteiger partial charge in [-0.3, -0.25) is 10.00 Å². The highest BCUT2D eigenvalue weighted by Gasteiger charge is 2.21. The van der Waals surface area contributed by atoms with Gasteiger partial charge < -0.3 is 21.1 Å². The molecule has 0 saturated heterocycles. The number of nitrogen functional groups attached to an aromatic ring is 1. The Kier molecular flexibility index (Phi) is 5.59. The molecule has 5 rings (SSSR count). The van der Waals surface area contributed by atoms with E-state index < -0.39 is 11.8 Å². The lowest BCUT2D eigenvalue weighted by Gasteiger charge is -2.22. The van der Waals surface area contributed by atoms with Gasteiger partial charge in [-0.1, -0.05) is 0 Å². The summed E-state index contributed by atoms with van der Waals surface area (Å²) < 4.78 is 22.6. The predicted molar refractivity (Wildman–Crippen MR) is 132 cm³/mol. The summed E-state index contributed by atoms with van der Waals surface area (Å²) in [7, 11) is 1.81. The minimum Gasteiger partial charge on any atom is -0.474 e. The number of aryl methyl sites for hydroxylation is 1. The second-order valence-corrected chi connectivity index (χ2v) is 8.46. The molecule has 35 heavy (non-hydrogen) atoms. The summed E-state index contributed by atoms with van der Waals surface area (Å²) in [5, 5.41) is 14.0. The minimum absolute atomic E-state index is 0.0208. The number of nitrogens with one attached hydrogen (secondary N) is 3. The maximum absolute atomic E-state index is 15.3. The van der Waals surface area contributed by atoms with E-state index in [1.54, 1.807) is 29.2 Å². The van der Waals surface area contributed by atoms with Crippen molar-refractivity contribution >= 4 is 34.0 Å². The smallest absolute Gasteiger partial charge is 0.320 e. The zero-order chi connectivity index (χ0) is 24.7. The molecule has 4 heterocycles. The minimum atomic E-state index is -0.551. The average molecular weight is 477 g/mol. The van der Waals surface area contributed by atoms with Gasteiger partial charge in [-0.2, -0.15) is 5.10 Å². The summed E-state index contributed by atoms with van der Waals surface area (Å²) in [6, 6.07) is 2.66. The van der Waals surface area contributed by atoms with E-state index in [9.17, 15) is 4.79 Å². The van der Waals surface area contributed by atoms with Gasteiger partial charge in [0.15, 0.2) is 5.82 Å². The molecule has 1 atom stereocenters. The van der Waals surface area contributed by atoms with E-state index in [2.05, 4.69) is 31.0 Å². The first-order chi connectivity index (χ1) is 16.8. The summed E-state index contributed by atoms with van der Waals surface area (Å²) in [6.45, 7) is 4.90. The van der Waals surface area contributed by atoms with Crippen molar-refractivity contribution in [3.63, 3.8) is 0 Å². The van der Waals surface area contributed by atoms with Gasteiger partial charge in [0.1, 0.15) is 18.1 Å². The van der Waals surface area contributed by atoms with E-state index in [0.717, 1.165) is 16.8 Å². The topological polar surface area (TPSA) is 132 Å². The Morgan fingerprint density at radius 3 is 2.86 bits per heavy atom. The molecular weight excluding hydrogens is 451 g/mol. The number of fused-ring (bicyclic) bond motifs is 2. The fourth-order valence-corrected chi connectivity index (χ4v) is 4.15. The lowest BCUT2D eigenvalue weighted by atomic mass is 9.97. The molecule has 5 N–H and O–H groups in total. The van der Waals surface area contributed by atoms with E-state index >= 15 is 4.39 Å². The lowest BCUT2D eigenvalue weighted by molar-refractivity contribution is 0.249. The van der Waals surface area contributed by atoms with Crippen LogP contribution in [0.25, 0.3) is 21.9 Å². The van der Waals surface area contributed by atoms with Crippen molar-refractivity contribution in [2.75, 3.05) is 29.5 Å². The summed E-state index contributed by atoms with van der Waals surface area (Å²) >= 11 is 0. The Bertz CT molecular complexity index is 1450. The van der Waals surface area contributed by atoms with Crippen molar-refractivity contribution in [3.05, 3.63) is 53.9 Å². The number of pyridine rings is 2. The number of amides is 2. The molecule has 11 heteroatoms. The molecule has 3 aromatic heterocycles. The van der Waals surface area contributed by atoms with E-state index in [1.807, 2.05) is 27.1 Å². The number of hydrogen-bond donors (Lipinski definition) is 4. The van der Waals surface area contributed by atoms with E-state index in [1.165, 1.54) is 6.20 Å². The highest BCUT2D eigenvalue weighted by atomic mass is 19.1. The van der Waals surface area contributed by atoms with Crippen molar-refractivity contribution in [1.82, 2.24) is 25.1 Å². The third-order valence-corrected chi connectivity index (χ3v) is 6.05. The molecule has 0 radical (unpaired) electrons. The van der Waals surface area contributed by atoms with Crippen LogP contribution in [0, 0.1) is 12.7 Å². The first kappa shape index (κ1) is 22.4. The zero-order valence-electron chi connectivity index (χ0n) is 19.5. The number of nitrogens with zero attached hydrogens (tertiary/aromatic N) is 4. The molecule has 4 aromatic rings. The molecule has 0 bridgehead atoms. The fraction of sp³-hybridized carbons (Fsp3) is 0.250. The first-order valence-corrected chi connectivity index (χ1v) is 11.1. The Balaban J connectivity index is 1.45. The number of carbonyl (C=O) groups excluding carboxylic acids is 1. The van der Waals surface area contributed by atoms with Crippen molar-refractivity contribution in [2.45, 2.75) is 19.9 Å². The molecule has 0 unspecified atom stereocenters. The van der Waals surface area contributed by atoms with Crippen LogP contribution >= 0.6 is 0 Å². The van der Waals surface area contributed by atoms with E-state index in [-0.39, 0.29) is 11.7 Å². The molecule has 0 saturated carbocycles. The number of nitrogens with two attached hydrogens (primary N) is 1. The lowest BCUT2D eigenvalue weighted by Crippen LogP contribution is -2.31. The number of rotatable bonds is 4. The maximum Gasteiger partial charge on any atom is 0.320 e. The van der Waals surface area contributed by atoms with Crippen molar-refractivity contribution in [2.24, 2.45) is 7.05 Å². The van der Waals surface area contributed by atoms with Gasteiger partial charge in [0.25, 0.3) is 0 Å². The normalized spacial score (nSPS) is 13.5. The number of carbonyl (C=O) groups is 1. The zero-order valence-corrected chi connectivity index (χ0v) is 19.5. The van der Waals surface area contributed by atoms with Crippen LogP contribution in [0.1, 0.15) is 24.1 Å². The molecule has 10 nitrogen and oxygen atoms in total. The van der Waals surface area contributed by atoms with Crippen LogP contribution in [0.15, 0.2) is 36.9 Å². The van der Waals surface area contributed by atoms with Crippen LogP contribution in [-0.2, 0) is 7.05 Å². The molecule has 180 valence electrons. The number of hydrogen-bond acceptors (Lipinski definition) is 7. The summed E-state index contributed by atoms with van der Waals surface area (Å²) in [5.74, 6) is 0.249. The predicted octanol–water partition coefficient (Wildman–Crippen LogP) is 3.75. The Morgan fingerprint density at radius 2 is 2.09 bits per heavy atom. The van der Waals surface area contributed by atoms with E-state index in [4.69, 9.17) is 10.5 Å². The molecule has 1 aliphatic rings. The highest BCUT2D eigenvalue weighted by molar-refractivity contribution is 6.00. The number of aromatic nitrogens is 4. The Labute approximate surface area is 200 Å². The average Bonchev–Trinajstić information content (AvgIpc) is 3.28. The fourth-order valence-electron chi connectivity index (χ4n) is 4.15. The van der Waals surface area contributed by atoms with Crippen molar-refractivity contribution < 1.29 is 13.9 Å². The van der Waals surface area contributed by atoms with Crippen molar-refractivity contribution in [1.29, 1.82) is 0 Å². The Hall–Kier alpha value is -4.41. The highest BCUT2D eigenvalue weighted by Crippen LogP contribution is 2.39. The van der Waals surface area contributed by atoms with Gasteiger partial charge in [-0.05, 0) is 36.9 Å². The third kappa shape index (κ3) is 4.16. The molecule has 1 aliphatic heterocycles. The molecule has 0 spiro atoms. The van der Waals surface area contributed by atoms with Crippen LogP contribution in [0.4, 0.5) is 26.4 Å². The second kappa shape index (κ2) is 8.75. The van der Waals surface area contributed by atoms with Crippen LogP contribution in [0.2, 0.25) is 0 Å². The van der Waals surface area contributed by atoms with Gasteiger partial charge in [-0.25, -0.2) is 19.2 Å². The van der Waals surface area contributed by atoms with Gasteiger partial charge in [0.05, 0.1) is 17.9 Å². The molecule has 1 aromatic carbocycles. The number of ether oxygens (including phenoxy) is 1. The molecule has 2 amide bonds. The van der Waals surface area contributed by atoms with Crippen LogP contribution in [0.3, 0.4) is 0 Å². The Morgan fingerprint density at radius 1 is 1.26 bits per heavy atom. The van der Waals surface area contributed by atoms with Gasteiger partial charge >= 0.3 is 6.03 Å². The molecule has 0 aliphatic carbocycles. The van der Waals surface area contributed by atoms with Crippen LogP contribution < -0.4 is 26.4 Å². The largest absolute Gasteiger partial charge is 0.474 e. The van der Waals surface area contributed by atoms with Gasteiger partial charge in [0.2, 0.25) is 5.88 Å². The summed E-state index contributed by atoms with van der Waals surface area (Å²) in [6.07, 6.45) is 6.55. The summed E-state index contributed by atoms with van der Waals surface area (Å²) in [4.78, 5) is 21.1. The molecular formula is C24H25FN8O2. The SMILES string of the molecule is Cc1c(-c2cc3cc(NC(=O)N[C@@H](C)c4cnn(C)c4)ncc3c(N)c2F)cnc2c1NCCO2. The number of urea groups is 1. The third-order valence-electron chi connectivity index (χ3n) is 6.05. The monoisotopic (exact) mass is 476 g/mol. The summed E-state index contributed by atoms with van der Waals surface area (Å²) in [5.41, 5.74) is 9.45. The van der Waals surface area contributed by atoms with Gasteiger partial charge in [0, 0.05) is 54.3 Å².